The van der Waals surface area contributed by atoms with Gasteiger partial charge in [0, 0.05) is 4.88 Å². The van der Waals surface area contributed by atoms with Gasteiger partial charge < -0.3 is 11.1 Å². The largest absolute Gasteiger partial charge is 0.365 e. The molecule has 3 heterocycles. The molecule has 0 fully saturated rings. The second-order valence-corrected chi connectivity index (χ2v) is 9.32. The summed E-state index contributed by atoms with van der Waals surface area (Å²) in [5.41, 5.74) is 8.42. The molecule has 1 atom stereocenters. The molecule has 154 valence electrons. The molecule has 2 amide bonds. The average Bonchev–Trinajstić information content (AvgIpc) is 3.26. The first-order valence-corrected chi connectivity index (χ1v) is 11.2. The third-order valence-electron chi connectivity index (χ3n) is 5.03. The van der Waals surface area contributed by atoms with Crippen LogP contribution in [0.2, 0.25) is 0 Å². The molecule has 1 aromatic carbocycles. The number of primary amides is 1. The molecular weight excluding hydrogens is 418 g/mol. The molecule has 3 N–H and O–H groups in total. The van der Waals surface area contributed by atoms with Crippen LogP contribution in [0.4, 0.5) is 5.00 Å². The Bertz CT molecular complexity index is 1280. The van der Waals surface area contributed by atoms with E-state index in [0.717, 1.165) is 27.0 Å². The maximum Gasteiger partial charge on any atom is 0.251 e. The van der Waals surface area contributed by atoms with E-state index in [1.165, 1.54) is 23.1 Å². The number of para-hydroxylation sites is 1. The molecule has 0 aliphatic rings. The number of rotatable bonds is 6. The summed E-state index contributed by atoms with van der Waals surface area (Å²) in [6.45, 7) is 5.68. The molecule has 7 nitrogen and oxygen atoms in total. The topological polar surface area (TPSA) is 102 Å². The number of aryl methyl sites for hydroxylation is 1. The number of nitrogens with one attached hydrogen (secondary N) is 1. The normalized spacial score (nSPS) is 12.4. The van der Waals surface area contributed by atoms with Crippen molar-refractivity contribution < 1.29 is 9.59 Å². The van der Waals surface area contributed by atoms with Gasteiger partial charge in [0.25, 0.3) is 5.91 Å². The molecule has 4 aromatic rings. The number of aromatic nitrogens is 3. The lowest BCUT2D eigenvalue weighted by Gasteiger charge is -2.14. The fraction of sp³-hybridized carbons (Fsp3) is 0.238. The van der Waals surface area contributed by atoms with Gasteiger partial charge in [-0.1, -0.05) is 36.9 Å². The van der Waals surface area contributed by atoms with Crippen LogP contribution < -0.4 is 11.1 Å². The highest BCUT2D eigenvalue weighted by atomic mass is 32.2. The molecule has 9 heteroatoms. The van der Waals surface area contributed by atoms with Gasteiger partial charge in [-0.15, -0.1) is 21.5 Å². The van der Waals surface area contributed by atoms with Crippen molar-refractivity contribution in [3.05, 3.63) is 52.4 Å². The Morgan fingerprint density at radius 3 is 2.70 bits per heavy atom. The van der Waals surface area contributed by atoms with Crippen LogP contribution in [0.1, 0.15) is 34.1 Å². The lowest BCUT2D eigenvalue weighted by molar-refractivity contribution is -0.115. The van der Waals surface area contributed by atoms with E-state index in [1.54, 1.807) is 0 Å². The van der Waals surface area contributed by atoms with Crippen LogP contribution in [-0.4, -0.2) is 31.7 Å². The molecule has 0 saturated heterocycles. The Morgan fingerprint density at radius 1 is 1.20 bits per heavy atom. The molecule has 30 heavy (non-hydrogen) atoms. The van der Waals surface area contributed by atoms with Gasteiger partial charge in [-0.25, -0.2) is 0 Å². The van der Waals surface area contributed by atoms with Gasteiger partial charge in [0.05, 0.1) is 16.3 Å². The van der Waals surface area contributed by atoms with Crippen LogP contribution in [0.25, 0.3) is 16.6 Å². The minimum absolute atomic E-state index is 0.191. The maximum absolute atomic E-state index is 13.0. The Morgan fingerprint density at radius 2 is 1.97 bits per heavy atom. The van der Waals surface area contributed by atoms with Crippen molar-refractivity contribution in [2.45, 2.75) is 37.6 Å². The molecule has 0 saturated carbocycles. The second kappa shape index (κ2) is 8.08. The number of pyridine rings is 1. The number of carbonyl (C=O) groups excluding carboxylic acids is 2. The van der Waals surface area contributed by atoms with Gasteiger partial charge in [-0.3, -0.25) is 14.0 Å². The molecule has 1 unspecified atom stereocenters. The van der Waals surface area contributed by atoms with Crippen molar-refractivity contribution >= 4 is 56.5 Å². The lowest BCUT2D eigenvalue weighted by Crippen LogP contribution is -2.26. The zero-order valence-corrected chi connectivity index (χ0v) is 18.4. The number of benzene rings is 1. The summed E-state index contributed by atoms with van der Waals surface area (Å²) in [5, 5.41) is 13.3. The fourth-order valence-corrected chi connectivity index (χ4v) is 5.38. The molecule has 4 rings (SSSR count). The Kier molecular flexibility index (Phi) is 5.48. The summed E-state index contributed by atoms with van der Waals surface area (Å²) in [6, 6.07) is 11.9. The summed E-state index contributed by atoms with van der Waals surface area (Å²) in [5.74, 6) is -0.731. The zero-order chi connectivity index (χ0) is 21.4. The van der Waals surface area contributed by atoms with E-state index < -0.39 is 11.2 Å². The third kappa shape index (κ3) is 3.54. The molecule has 0 aliphatic carbocycles. The van der Waals surface area contributed by atoms with Crippen LogP contribution >= 0.6 is 23.1 Å². The van der Waals surface area contributed by atoms with E-state index in [2.05, 4.69) is 15.5 Å². The van der Waals surface area contributed by atoms with Crippen LogP contribution in [-0.2, 0) is 4.79 Å². The highest BCUT2D eigenvalue weighted by Gasteiger charge is 2.25. The van der Waals surface area contributed by atoms with Gasteiger partial charge in [-0.2, -0.15) is 0 Å². The number of thiophene rings is 1. The fourth-order valence-electron chi connectivity index (χ4n) is 3.34. The summed E-state index contributed by atoms with van der Waals surface area (Å²) in [7, 11) is 0. The SMILES string of the molecule is CCC(Sc1nnc2ccc3ccccc3n12)C(=O)Nc1sc(C)c(C)c1C(N)=O. The first-order valence-electron chi connectivity index (χ1n) is 9.51. The van der Waals surface area contributed by atoms with Crippen molar-refractivity contribution in [2.24, 2.45) is 5.73 Å². The molecule has 0 bridgehead atoms. The van der Waals surface area contributed by atoms with Gasteiger partial charge >= 0.3 is 0 Å². The van der Waals surface area contributed by atoms with Gasteiger partial charge in [0.2, 0.25) is 5.91 Å². The van der Waals surface area contributed by atoms with Crippen molar-refractivity contribution in [3.63, 3.8) is 0 Å². The van der Waals surface area contributed by atoms with Crippen molar-refractivity contribution in [3.8, 4) is 0 Å². The Labute approximate surface area is 181 Å². The van der Waals surface area contributed by atoms with E-state index in [4.69, 9.17) is 5.73 Å². The van der Waals surface area contributed by atoms with E-state index in [0.29, 0.717) is 22.1 Å². The Balaban J connectivity index is 1.65. The number of nitrogens with zero attached hydrogens (tertiary/aromatic N) is 3. The van der Waals surface area contributed by atoms with Gasteiger partial charge in [0.15, 0.2) is 10.8 Å². The number of hydrogen-bond donors (Lipinski definition) is 2. The standard InChI is InChI=1S/C21H21N5O2S2/c1-4-15(19(28)23-20-17(18(22)27)11(2)12(3)29-20)30-21-25-24-16-10-9-13-7-5-6-8-14(13)26(16)21/h5-10,15H,4H2,1-3H3,(H2,22,27)(H,23,28). The van der Waals surface area contributed by atoms with E-state index in [1.807, 2.05) is 61.6 Å². The molecule has 3 aromatic heterocycles. The second-order valence-electron chi connectivity index (χ2n) is 6.92. The predicted octanol–water partition coefficient (Wildman–Crippen LogP) is 4.17. The monoisotopic (exact) mass is 439 g/mol. The Hall–Kier alpha value is -2.91. The average molecular weight is 440 g/mol. The molecular formula is C21H21N5O2S2. The molecule has 0 spiro atoms. The minimum atomic E-state index is -0.539. The van der Waals surface area contributed by atoms with E-state index >= 15 is 0 Å². The lowest BCUT2D eigenvalue weighted by atomic mass is 10.1. The zero-order valence-electron chi connectivity index (χ0n) is 16.8. The van der Waals surface area contributed by atoms with Crippen LogP contribution in [0.15, 0.2) is 41.6 Å². The number of anilines is 1. The number of amides is 2. The number of nitrogens with two attached hydrogens (primary N) is 1. The minimum Gasteiger partial charge on any atom is -0.365 e. The molecule has 0 aliphatic heterocycles. The van der Waals surface area contributed by atoms with Gasteiger partial charge in [0.1, 0.15) is 5.00 Å². The molecule has 0 radical (unpaired) electrons. The van der Waals surface area contributed by atoms with Crippen LogP contribution in [0, 0.1) is 13.8 Å². The predicted molar refractivity (Wildman–Crippen MR) is 121 cm³/mol. The highest BCUT2D eigenvalue weighted by Crippen LogP contribution is 2.34. The first kappa shape index (κ1) is 20.4. The van der Waals surface area contributed by atoms with Crippen LogP contribution in [0.5, 0.6) is 0 Å². The summed E-state index contributed by atoms with van der Waals surface area (Å²) in [6.07, 6.45) is 0.589. The van der Waals surface area contributed by atoms with E-state index in [-0.39, 0.29) is 5.91 Å². The maximum atomic E-state index is 13.0. The van der Waals surface area contributed by atoms with Gasteiger partial charge in [-0.05, 0) is 49.4 Å². The van der Waals surface area contributed by atoms with Crippen molar-refractivity contribution in [2.75, 3.05) is 5.32 Å². The van der Waals surface area contributed by atoms with E-state index in [9.17, 15) is 9.59 Å². The van der Waals surface area contributed by atoms with Crippen molar-refractivity contribution in [1.82, 2.24) is 14.6 Å². The first-order chi connectivity index (χ1) is 14.4. The smallest absolute Gasteiger partial charge is 0.251 e. The highest BCUT2D eigenvalue weighted by molar-refractivity contribution is 8.00. The quantitative estimate of drug-likeness (QED) is 0.439. The summed E-state index contributed by atoms with van der Waals surface area (Å²) < 4.78 is 1.96. The summed E-state index contributed by atoms with van der Waals surface area (Å²) >= 11 is 2.72. The summed E-state index contributed by atoms with van der Waals surface area (Å²) in [4.78, 5) is 25.8. The number of hydrogen-bond acceptors (Lipinski definition) is 6. The number of thioether (sulfide) groups is 1. The number of carbonyl (C=O) groups is 2. The third-order valence-corrected chi connectivity index (χ3v) is 7.46. The van der Waals surface area contributed by atoms with Crippen molar-refractivity contribution in [1.29, 1.82) is 0 Å². The number of fused-ring (bicyclic) bond motifs is 3. The van der Waals surface area contributed by atoms with Crippen LogP contribution in [0.3, 0.4) is 0 Å².